The Hall–Kier alpha value is -3.36. The highest BCUT2D eigenvalue weighted by Gasteiger charge is 2.38. The molecule has 0 aromatic heterocycles. The van der Waals surface area contributed by atoms with Crippen LogP contribution in [0, 0.1) is 11.8 Å². The molecule has 3 atom stereocenters. The maximum atomic E-state index is 14.1. The number of benzene rings is 2. The fourth-order valence-corrected chi connectivity index (χ4v) is 6.15. The number of hydrogen-bond acceptors (Lipinski definition) is 5. The molecule has 44 heavy (non-hydrogen) atoms. The van der Waals surface area contributed by atoms with Crippen LogP contribution in [0.1, 0.15) is 52.2 Å². The molecule has 2 aliphatic heterocycles. The molecule has 0 spiro atoms. The standard InChI is InChI=1S/C30H35F5N4O4S/c1-2-44(42,43)38-17-21-11-12-39(18-21)28(41)24-7-5-23(6-8-24)26(13-22-14-29(31,32)19-36-15-22)27(40)37-16-20-3-9-25(10-4-20)30(33,34)35/h2-10,21-22,26,36,38H,1,11-19H2,(H,37,40). The predicted molar refractivity (Wildman–Crippen MR) is 154 cm³/mol. The van der Waals surface area contributed by atoms with Gasteiger partial charge in [-0.25, -0.2) is 21.9 Å². The number of rotatable bonds is 11. The van der Waals surface area contributed by atoms with Crippen molar-refractivity contribution >= 4 is 21.8 Å². The molecule has 3 N–H and O–H groups in total. The van der Waals surface area contributed by atoms with Crippen LogP contribution >= 0.6 is 0 Å². The van der Waals surface area contributed by atoms with Crippen LogP contribution in [0.15, 0.2) is 60.5 Å². The van der Waals surface area contributed by atoms with Crippen LogP contribution in [0.2, 0.25) is 0 Å². The molecule has 8 nitrogen and oxygen atoms in total. The van der Waals surface area contributed by atoms with Crippen molar-refractivity contribution in [3.05, 3.63) is 82.8 Å². The molecule has 240 valence electrons. The van der Waals surface area contributed by atoms with Gasteiger partial charge in [0.05, 0.1) is 18.0 Å². The molecular formula is C30H35F5N4O4S. The molecule has 2 aromatic rings. The van der Waals surface area contributed by atoms with Crippen molar-refractivity contribution in [3.63, 3.8) is 0 Å². The van der Waals surface area contributed by atoms with E-state index in [9.17, 15) is 40.0 Å². The zero-order valence-electron chi connectivity index (χ0n) is 23.9. The number of likely N-dealkylation sites (tertiary alicyclic amines) is 1. The predicted octanol–water partition coefficient (Wildman–Crippen LogP) is 4.27. The van der Waals surface area contributed by atoms with Crippen LogP contribution in [-0.4, -0.2) is 63.8 Å². The summed E-state index contributed by atoms with van der Waals surface area (Å²) in [6.45, 7) is 4.04. The van der Waals surface area contributed by atoms with E-state index < -0.39 is 58.4 Å². The second kappa shape index (κ2) is 13.7. The molecule has 3 unspecified atom stereocenters. The van der Waals surface area contributed by atoms with Gasteiger partial charge in [0, 0.05) is 43.6 Å². The van der Waals surface area contributed by atoms with Crippen LogP contribution in [0.4, 0.5) is 22.0 Å². The third-order valence-corrected chi connectivity index (χ3v) is 8.97. The van der Waals surface area contributed by atoms with Gasteiger partial charge in [-0.3, -0.25) is 9.59 Å². The van der Waals surface area contributed by atoms with Crippen LogP contribution in [-0.2, 0) is 27.5 Å². The third-order valence-electron chi connectivity index (χ3n) is 7.96. The summed E-state index contributed by atoms with van der Waals surface area (Å²) in [5.74, 6) is -5.06. The smallest absolute Gasteiger partial charge is 0.351 e. The van der Waals surface area contributed by atoms with E-state index in [1.165, 1.54) is 12.1 Å². The molecule has 0 bridgehead atoms. The van der Waals surface area contributed by atoms with Crippen molar-refractivity contribution in [2.45, 2.75) is 43.8 Å². The van der Waals surface area contributed by atoms with Crippen LogP contribution in [0.5, 0.6) is 0 Å². The van der Waals surface area contributed by atoms with E-state index in [4.69, 9.17) is 0 Å². The maximum absolute atomic E-state index is 14.1. The number of halogens is 5. The lowest BCUT2D eigenvalue weighted by Gasteiger charge is -2.32. The summed E-state index contributed by atoms with van der Waals surface area (Å²) in [4.78, 5) is 28.1. The van der Waals surface area contributed by atoms with Crippen molar-refractivity contribution in [3.8, 4) is 0 Å². The monoisotopic (exact) mass is 642 g/mol. The van der Waals surface area contributed by atoms with Gasteiger partial charge < -0.3 is 15.5 Å². The van der Waals surface area contributed by atoms with Gasteiger partial charge in [-0.15, -0.1) is 0 Å². The Morgan fingerprint density at radius 2 is 1.77 bits per heavy atom. The van der Waals surface area contributed by atoms with Gasteiger partial charge >= 0.3 is 6.18 Å². The number of carbonyl (C=O) groups excluding carboxylic acids is 2. The largest absolute Gasteiger partial charge is 0.416 e. The highest BCUT2D eigenvalue weighted by Crippen LogP contribution is 2.34. The summed E-state index contributed by atoms with van der Waals surface area (Å²) in [7, 11) is -3.57. The highest BCUT2D eigenvalue weighted by atomic mass is 32.2. The lowest BCUT2D eigenvalue weighted by molar-refractivity contribution is -0.137. The second-order valence-corrected chi connectivity index (χ2v) is 13.1. The Balaban J connectivity index is 1.44. The first-order valence-corrected chi connectivity index (χ1v) is 15.7. The van der Waals surface area contributed by atoms with Crippen molar-refractivity contribution in [1.29, 1.82) is 0 Å². The lowest BCUT2D eigenvalue weighted by Crippen LogP contribution is -2.45. The van der Waals surface area contributed by atoms with Crippen molar-refractivity contribution in [2.75, 3.05) is 32.7 Å². The third kappa shape index (κ3) is 9.08. The SMILES string of the molecule is C=CS(=O)(=O)NCC1CCN(C(=O)c2ccc(C(CC3CNCC(F)(F)C3)C(=O)NCc3ccc(C(F)(F)F)cc3)cc2)C1. The van der Waals surface area contributed by atoms with E-state index in [-0.39, 0.29) is 31.3 Å². The minimum absolute atomic E-state index is 0.0534. The van der Waals surface area contributed by atoms with E-state index in [2.05, 4.69) is 21.9 Å². The normalized spacial score (nSPS) is 21.1. The van der Waals surface area contributed by atoms with Gasteiger partial charge in [0.1, 0.15) is 0 Å². The number of nitrogens with zero attached hydrogens (tertiary/aromatic N) is 1. The molecular weight excluding hydrogens is 607 g/mol. The Morgan fingerprint density at radius 1 is 1.09 bits per heavy atom. The molecule has 2 fully saturated rings. The fourth-order valence-electron chi connectivity index (χ4n) is 5.56. The fraction of sp³-hybridized carbons (Fsp3) is 0.467. The second-order valence-electron chi connectivity index (χ2n) is 11.3. The number of alkyl halides is 5. The number of amides is 2. The van der Waals surface area contributed by atoms with E-state index in [0.29, 0.717) is 42.7 Å². The first-order valence-electron chi connectivity index (χ1n) is 14.2. The molecule has 2 saturated heterocycles. The average molecular weight is 643 g/mol. The molecule has 0 radical (unpaired) electrons. The number of piperidine rings is 1. The quantitative estimate of drug-likeness (QED) is 0.318. The van der Waals surface area contributed by atoms with Crippen LogP contribution in [0.3, 0.4) is 0 Å². The molecule has 2 aromatic carbocycles. The molecule has 4 rings (SSSR count). The number of hydrogen-bond donors (Lipinski definition) is 3. The molecule has 2 amide bonds. The van der Waals surface area contributed by atoms with E-state index in [1.54, 1.807) is 29.2 Å². The molecule has 0 aliphatic carbocycles. The Bertz CT molecular complexity index is 1430. The molecule has 2 heterocycles. The van der Waals surface area contributed by atoms with Gasteiger partial charge in [-0.1, -0.05) is 30.8 Å². The van der Waals surface area contributed by atoms with E-state index in [1.807, 2.05) is 0 Å². The summed E-state index contributed by atoms with van der Waals surface area (Å²) < 4.78 is 92.6. The zero-order chi connectivity index (χ0) is 32.1. The molecule has 2 aliphatic rings. The van der Waals surface area contributed by atoms with Crippen molar-refractivity contribution < 1.29 is 40.0 Å². The van der Waals surface area contributed by atoms with E-state index >= 15 is 0 Å². The average Bonchev–Trinajstić information content (AvgIpc) is 3.46. The Morgan fingerprint density at radius 3 is 2.39 bits per heavy atom. The van der Waals surface area contributed by atoms with Crippen molar-refractivity contribution in [2.24, 2.45) is 11.8 Å². The van der Waals surface area contributed by atoms with Crippen molar-refractivity contribution in [1.82, 2.24) is 20.3 Å². The number of carbonyl (C=O) groups is 2. The minimum Gasteiger partial charge on any atom is -0.351 e. The summed E-state index contributed by atoms with van der Waals surface area (Å²) in [5.41, 5.74) is 0.500. The molecule has 0 saturated carbocycles. The zero-order valence-corrected chi connectivity index (χ0v) is 24.7. The van der Waals surface area contributed by atoms with Gasteiger partial charge in [-0.2, -0.15) is 13.2 Å². The minimum atomic E-state index is -4.49. The Labute approximate surface area is 253 Å². The molecule has 14 heteroatoms. The van der Waals surface area contributed by atoms with Gasteiger partial charge in [-0.05, 0) is 66.6 Å². The summed E-state index contributed by atoms with van der Waals surface area (Å²) >= 11 is 0. The Kier molecular flexibility index (Phi) is 10.5. The summed E-state index contributed by atoms with van der Waals surface area (Å²) in [6.07, 6.45) is -4.16. The first kappa shape index (κ1) is 33.5. The summed E-state index contributed by atoms with van der Waals surface area (Å²) in [6, 6.07) is 10.7. The highest BCUT2D eigenvalue weighted by molar-refractivity contribution is 7.92. The maximum Gasteiger partial charge on any atom is 0.416 e. The van der Waals surface area contributed by atoms with Gasteiger partial charge in [0.2, 0.25) is 15.9 Å². The van der Waals surface area contributed by atoms with E-state index in [0.717, 1.165) is 17.5 Å². The topological polar surface area (TPSA) is 108 Å². The number of nitrogens with one attached hydrogen (secondary N) is 3. The van der Waals surface area contributed by atoms with Gasteiger partial charge in [0.15, 0.2) is 0 Å². The lowest BCUT2D eigenvalue weighted by atomic mass is 9.83. The summed E-state index contributed by atoms with van der Waals surface area (Å²) in [5, 5.41) is 6.25. The number of sulfonamides is 1. The van der Waals surface area contributed by atoms with Crippen LogP contribution < -0.4 is 15.4 Å². The first-order chi connectivity index (χ1) is 20.7. The van der Waals surface area contributed by atoms with Gasteiger partial charge in [0.25, 0.3) is 11.8 Å². The van der Waals surface area contributed by atoms with Crippen LogP contribution in [0.25, 0.3) is 0 Å².